The maximum atomic E-state index is 10.0. The van der Waals surface area contributed by atoms with E-state index in [2.05, 4.69) is 10.3 Å². The Morgan fingerprint density at radius 2 is 1.75 bits per heavy atom. The number of hydrogen-bond acceptors (Lipinski definition) is 6. The topological polar surface area (TPSA) is 77.8 Å². The van der Waals surface area contributed by atoms with Crippen LogP contribution >= 0.6 is 0 Å². The zero-order valence-corrected chi connectivity index (χ0v) is 16.5. The summed E-state index contributed by atoms with van der Waals surface area (Å²) in [5, 5.41) is 13.6. The van der Waals surface area contributed by atoms with E-state index in [0.29, 0.717) is 23.8 Å². The summed E-state index contributed by atoms with van der Waals surface area (Å²) in [5.74, 6) is 2.82. The van der Waals surface area contributed by atoms with Crippen molar-refractivity contribution in [3.05, 3.63) is 65.7 Å². The van der Waals surface area contributed by atoms with E-state index in [1.807, 2.05) is 42.1 Å². The zero-order valence-electron chi connectivity index (χ0n) is 16.5. The number of aromatic nitrogens is 2. The maximum absolute atomic E-state index is 10.0. The molecule has 0 bridgehead atoms. The number of aromatic hydroxyl groups is 1. The Morgan fingerprint density at radius 1 is 1.04 bits per heavy atom. The van der Waals surface area contributed by atoms with Crippen LogP contribution in [0.3, 0.4) is 0 Å². The second-order valence-corrected chi connectivity index (χ2v) is 6.36. The number of phenols is 1. The molecule has 0 saturated heterocycles. The van der Waals surface area contributed by atoms with Crippen molar-refractivity contribution < 1.29 is 19.3 Å². The fourth-order valence-corrected chi connectivity index (χ4v) is 3.08. The van der Waals surface area contributed by atoms with Crippen molar-refractivity contribution in [2.45, 2.75) is 12.6 Å². The summed E-state index contributed by atoms with van der Waals surface area (Å²) in [6.07, 6.45) is 3.67. The lowest BCUT2D eigenvalue weighted by Gasteiger charge is -2.21. The molecular formula is C21H25N3O4. The van der Waals surface area contributed by atoms with E-state index in [0.717, 1.165) is 17.0 Å². The van der Waals surface area contributed by atoms with Gasteiger partial charge in [-0.3, -0.25) is 5.32 Å². The van der Waals surface area contributed by atoms with Gasteiger partial charge in [0, 0.05) is 32.1 Å². The first-order valence-corrected chi connectivity index (χ1v) is 8.85. The Balaban J connectivity index is 1.93. The average molecular weight is 383 g/mol. The summed E-state index contributed by atoms with van der Waals surface area (Å²) < 4.78 is 17.9. The van der Waals surface area contributed by atoms with Gasteiger partial charge in [-0.25, -0.2) is 4.98 Å². The van der Waals surface area contributed by atoms with Gasteiger partial charge in [0.15, 0.2) is 11.5 Å². The van der Waals surface area contributed by atoms with Gasteiger partial charge < -0.3 is 23.9 Å². The molecular weight excluding hydrogens is 358 g/mol. The average Bonchev–Trinajstić information content (AvgIpc) is 3.13. The third kappa shape index (κ3) is 4.20. The highest BCUT2D eigenvalue weighted by Crippen LogP contribution is 2.30. The first-order valence-electron chi connectivity index (χ1n) is 8.85. The van der Waals surface area contributed by atoms with Gasteiger partial charge >= 0.3 is 0 Å². The molecule has 3 aromatic rings. The van der Waals surface area contributed by atoms with Gasteiger partial charge in [-0.15, -0.1) is 0 Å². The van der Waals surface area contributed by atoms with Crippen molar-refractivity contribution in [1.29, 1.82) is 0 Å². The highest BCUT2D eigenvalue weighted by atomic mass is 16.5. The number of phenolic OH excluding ortho intramolecular Hbond substituents is 1. The highest BCUT2D eigenvalue weighted by Gasteiger charge is 2.20. The van der Waals surface area contributed by atoms with E-state index in [4.69, 9.17) is 14.2 Å². The van der Waals surface area contributed by atoms with Crippen LogP contribution in [0.1, 0.15) is 23.0 Å². The molecule has 1 aromatic heterocycles. The number of imidazole rings is 1. The number of nitrogens with zero attached hydrogens (tertiary/aromatic N) is 2. The lowest BCUT2D eigenvalue weighted by molar-refractivity contribution is 0.373. The summed E-state index contributed by atoms with van der Waals surface area (Å²) >= 11 is 0. The molecule has 7 heteroatoms. The SMILES string of the molecule is COc1cc(OC)cc(C(NCc2ccc(OC)c(O)c2)c2nccn2C)c1. The molecule has 0 spiro atoms. The number of rotatable bonds is 8. The molecule has 0 amide bonds. The largest absolute Gasteiger partial charge is 0.504 e. The standard InChI is InChI=1S/C21H25N3O4/c1-24-8-7-22-21(24)20(15-10-16(26-2)12-17(11-15)27-3)23-13-14-5-6-19(28-4)18(25)9-14/h5-12,20,23,25H,13H2,1-4H3. The fraction of sp³-hybridized carbons (Fsp3) is 0.286. The third-order valence-corrected chi connectivity index (χ3v) is 4.58. The molecule has 3 rings (SSSR count). The summed E-state index contributed by atoms with van der Waals surface area (Å²) in [5.41, 5.74) is 1.88. The maximum Gasteiger partial charge on any atom is 0.160 e. The molecule has 28 heavy (non-hydrogen) atoms. The number of aryl methyl sites for hydroxylation is 1. The minimum atomic E-state index is -0.201. The first-order chi connectivity index (χ1) is 13.5. The predicted molar refractivity (Wildman–Crippen MR) is 106 cm³/mol. The molecule has 7 nitrogen and oxygen atoms in total. The van der Waals surface area contributed by atoms with Crippen LogP contribution in [0.4, 0.5) is 0 Å². The summed E-state index contributed by atoms with van der Waals surface area (Å²) in [6, 6.07) is 10.9. The predicted octanol–water partition coefficient (Wildman–Crippen LogP) is 3.03. The monoisotopic (exact) mass is 383 g/mol. The molecule has 2 aromatic carbocycles. The van der Waals surface area contributed by atoms with Gasteiger partial charge in [0.2, 0.25) is 0 Å². The van der Waals surface area contributed by atoms with E-state index in [-0.39, 0.29) is 11.8 Å². The molecule has 2 N–H and O–H groups in total. The van der Waals surface area contributed by atoms with Crippen LogP contribution in [0.25, 0.3) is 0 Å². The van der Waals surface area contributed by atoms with Gasteiger partial charge in [0.1, 0.15) is 17.3 Å². The summed E-state index contributed by atoms with van der Waals surface area (Å²) in [6.45, 7) is 0.522. The van der Waals surface area contributed by atoms with Crippen LogP contribution in [0.2, 0.25) is 0 Å². The molecule has 1 unspecified atom stereocenters. The Labute approximate surface area is 164 Å². The van der Waals surface area contributed by atoms with E-state index in [1.54, 1.807) is 32.5 Å². The normalized spacial score (nSPS) is 11.9. The van der Waals surface area contributed by atoms with Crippen molar-refractivity contribution in [2.75, 3.05) is 21.3 Å². The number of ether oxygens (including phenoxy) is 3. The van der Waals surface area contributed by atoms with E-state index in [1.165, 1.54) is 7.11 Å². The molecule has 0 fully saturated rings. The summed E-state index contributed by atoms with van der Waals surface area (Å²) in [4.78, 5) is 4.51. The highest BCUT2D eigenvalue weighted by molar-refractivity contribution is 5.43. The van der Waals surface area contributed by atoms with Crippen LogP contribution < -0.4 is 19.5 Å². The van der Waals surface area contributed by atoms with Gasteiger partial charge in [0.25, 0.3) is 0 Å². The van der Waals surface area contributed by atoms with E-state index >= 15 is 0 Å². The van der Waals surface area contributed by atoms with Gasteiger partial charge in [-0.2, -0.15) is 0 Å². The van der Waals surface area contributed by atoms with Crippen molar-refractivity contribution in [3.8, 4) is 23.0 Å². The molecule has 0 aliphatic carbocycles. The minimum Gasteiger partial charge on any atom is -0.504 e. The van der Waals surface area contributed by atoms with Crippen LogP contribution in [0.5, 0.6) is 23.0 Å². The second-order valence-electron chi connectivity index (χ2n) is 6.36. The smallest absolute Gasteiger partial charge is 0.160 e. The van der Waals surface area contributed by atoms with Crippen LogP contribution in [-0.4, -0.2) is 36.0 Å². The second kappa shape index (κ2) is 8.67. The summed E-state index contributed by atoms with van der Waals surface area (Å²) in [7, 11) is 6.73. The lowest BCUT2D eigenvalue weighted by Crippen LogP contribution is -2.25. The molecule has 0 aliphatic heterocycles. The van der Waals surface area contributed by atoms with E-state index in [9.17, 15) is 5.11 Å². The van der Waals surface area contributed by atoms with Gasteiger partial charge in [0.05, 0.1) is 27.4 Å². The Kier molecular flexibility index (Phi) is 6.06. The molecule has 0 radical (unpaired) electrons. The van der Waals surface area contributed by atoms with Crippen LogP contribution in [0.15, 0.2) is 48.8 Å². The number of nitrogens with one attached hydrogen (secondary N) is 1. The number of methoxy groups -OCH3 is 3. The molecule has 0 saturated carbocycles. The molecule has 1 heterocycles. The van der Waals surface area contributed by atoms with Crippen molar-refractivity contribution in [1.82, 2.24) is 14.9 Å². The first kappa shape index (κ1) is 19.6. The number of benzene rings is 2. The number of hydrogen-bond donors (Lipinski definition) is 2. The van der Waals surface area contributed by atoms with Crippen LogP contribution in [-0.2, 0) is 13.6 Å². The molecule has 148 valence electrons. The van der Waals surface area contributed by atoms with Crippen molar-refractivity contribution >= 4 is 0 Å². The van der Waals surface area contributed by atoms with Gasteiger partial charge in [-0.1, -0.05) is 6.07 Å². The third-order valence-electron chi connectivity index (χ3n) is 4.58. The Morgan fingerprint density at radius 3 is 2.29 bits per heavy atom. The quantitative estimate of drug-likeness (QED) is 0.623. The Bertz CT molecular complexity index is 917. The molecule has 0 aliphatic rings. The van der Waals surface area contributed by atoms with Crippen LogP contribution in [0, 0.1) is 0 Å². The molecule has 1 atom stereocenters. The zero-order chi connectivity index (χ0) is 20.1. The van der Waals surface area contributed by atoms with Crippen molar-refractivity contribution in [3.63, 3.8) is 0 Å². The lowest BCUT2D eigenvalue weighted by atomic mass is 10.0. The van der Waals surface area contributed by atoms with Gasteiger partial charge in [-0.05, 0) is 35.4 Å². The van der Waals surface area contributed by atoms with Crippen molar-refractivity contribution in [2.24, 2.45) is 7.05 Å². The fourth-order valence-electron chi connectivity index (χ4n) is 3.08. The minimum absolute atomic E-state index is 0.110. The van der Waals surface area contributed by atoms with E-state index < -0.39 is 0 Å². The Hall–Kier alpha value is -3.19.